The van der Waals surface area contributed by atoms with Crippen molar-refractivity contribution in [2.75, 3.05) is 4.90 Å². The van der Waals surface area contributed by atoms with Gasteiger partial charge in [0.2, 0.25) is 0 Å². The minimum atomic E-state index is 0.878. The van der Waals surface area contributed by atoms with Crippen molar-refractivity contribution in [3.63, 3.8) is 0 Å². The van der Waals surface area contributed by atoms with Crippen molar-refractivity contribution in [3.05, 3.63) is 188 Å². The summed E-state index contributed by atoms with van der Waals surface area (Å²) in [6, 6.07) is 67.9. The second kappa shape index (κ2) is 11.9. The van der Waals surface area contributed by atoms with Crippen LogP contribution >= 0.6 is 11.3 Å². The minimum Gasteiger partial charge on any atom is -0.453 e. The first-order chi connectivity index (χ1) is 26.3. The van der Waals surface area contributed by atoms with Crippen LogP contribution in [0.5, 0.6) is 0 Å². The lowest BCUT2D eigenvalue weighted by Crippen LogP contribution is -2.10. The fraction of sp³-hybridized carbons (Fsp3) is 0. The van der Waals surface area contributed by atoms with Crippen molar-refractivity contribution in [1.29, 1.82) is 0 Å². The van der Waals surface area contributed by atoms with E-state index < -0.39 is 0 Å². The van der Waals surface area contributed by atoms with Crippen LogP contribution in [-0.4, -0.2) is 0 Å². The molecule has 9 aromatic carbocycles. The third-order valence-corrected chi connectivity index (χ3v) is 11.8. The normalized spacial score (nSPS) is 11.8. The first kappa shape index (κ1) is 30.0. The van der Waals surface area contributed by atoms with E-state index >= 15 is 0 Å². The molecule has 0 saturated heterocycles. The summed E-state index contributed by atoms with van der Waals surface area (Å²) in [6.45, 7) is 0. The molecule has 11 aromatic rings. The highest BCUT2D eigenvalue weighted by Crippen LogP contribution is 2.46. The molecule has 53 heavy (non-hydrogen) atoms. The first-order valence-corrected chi connectivity index (χ1v) is 18.8. The number of fused-ring (bicyclic) bond motifs is 10. The molecule has 0 fully saturated rings. The predicted molar refractivity (Wildman–Crippen MR) is 227 cm³/mol. The summed E-state index contributed by atoms with van der Waals surface area (Å²) < 4.78 is 9.53. The largest absolute Gasteiger partial charge is 0.453 e. The average Bonchev–Trinajstić information content (AvgIpc) is 3.81. The smallest absolute Gasteiger partial charge is 0.159 e. The van der Waals surface area contributed by atoms with Crippen LogP contribution in [0.25, 0.3) is 85.9 Å². The molecule has 0 spiro atoms. The lowest BCUT2D eigenvalue weighted by molar-refractivity contribution is 0.673. The molecule has 0 unspecified atom stereocenters. The van der Waals surface area contributed by atoms with E-state index in [0.717, 1.165) is 39.0 Å². The van der Waals surface area contributed by atoms with Gasteiger partial charge < -0.3 is 9.32 Å². The number of furan rings is 1. The maximum absolute atomic E-state index is 7.01. The van der Waals surface area contributed by atoms with E-state index in [1.807, 2.05) is 11.3 Å². The van der Waals surface area contributed by atoms with Crippen molar-refractivity contribution in [1.82, 2.24) is 0 Å². The molecule has 2 aromatic heterocycles. The molecule has 2 nitrogen and oxygen atoms in total. The SMILES string of the molecule is c1ccc(-c2ccc(N(c3ccc(-c4ccc5ccc6ccccc6c5c4)cc3)c3cccc4c3oc3c4ccc4sc5ccccc5c43)cc2)cc1. The van der Waals surface area contributed by atoms with Crippen LogP contribution < -0.4 is 4.90 Å². The molecule has 11 rings (SSSR count). The number of hydrogen-bond donors (Lipinski definition) is 0. The number of hydrogen-bond acceptors (Lipinski definition) is 3. The summed E-state index contributed by atoms with van der Waals surface area (Å²) in [7, 11) is 0. The van der Waals surface area contributed by atoms with Crippen molar-refractivity contribution in [2.45, 2.75) is 0 Å². The number of rotatable bonds is 5. The molecule has 0 amide bonds. The Hall–Kier alpha value is -6.68. The molecule has 0 radical (unpaired) electrons. The van der Waals surface area contributed by atoms with Crippen LogP contribution in [0.3, 0.4) is 0 Å². The van der Waals surface area contributed by atoms with Crippen LogP contribution in [0.2, 0.25) is 0 Å². The number of benzene rings is 9. The van der Waals surface area contributed by atoms with E-state index in [4.69, 9.17) is 4.42 Å². The summed E-state index contributed by atoms with van der Waals surface area (Å²) in [5.74, 6) is 0. The Bertz CT molecular complexity index is 3150. The molecule has 0 aliphatic rings. The molecule has 0 saturated carbocycles. The zero-order valence-electron chi connectivity index (χ0n) is 28.7. The fourth-order valence-corrected chi connectivity index (χ4v) is 9.18. The molecule has 0 atom stereocenters. The Morgan fingerprint density at radius 3 is 1.74 bits per heavy atom. The van der Waals surface area contributed by atoms with Gasteiger partial charge in [0.05, 0.1) is 5.69 Å². The lowest BCUT2D eigenvalue weighted by Gasteiger charge is -2.26. The number of thiophene rings is 1. The highest BCUT2D eigenvalue weighted by atomic mass is 32.1. The Morgan fingerprint density at radius 2 is 0.943 bits per heavy atom. The minimum absolute atomic E-state index is 0.878. The lowest BCUT2D eigenvalue weighted by atomic mass is 9.97. The third-order valence-electron chi connectivity index (χ3n) is 10.7. The van der Waals surface area contributed by atoms with Crippen LogP contribution in [0, 0.1) is 0 Å². The highest BCUT2D eigenvalue weighted by molar-refractivity contribution is 7.26. The van der Waals surface area contributed by atoms with Crippen LogP contribution in [0.1, 0.15) is 0 Å². The zero-order chi connectivity index (χ0) is 34.9. The van der Waals surface area contributed by atoms with E-state index in [0.29, 0.717) is 0 Å². The monoisotopic (exact) mass is 693 g/mol. The molecule has 0 N–H and O–H groups in total. The van der Waals surface area contributed by atoms with Crippen LogP contribution in [0.4, 0.5) is 17.1 Å². The van der Waals surface area contributed by atoms with Gasteiger partial charge in [-0.25, -0.2) is 0 Å². The van der Waals surface area contributed by atoms with Crippen molar-refractivity contribution < 1.29 is 4.42 Å². The first-order valence-electron chi connectivity index (χ1n) is 18.0. The van der Waals surface area contributed by atoms with Crippen LogP contribution in [-0.2, 0) is 0 Å². The molecule has 3 heteroatoms. The van der Waals surface area contributed by atoms with Gasteiger partial charge in [-0.1, -0.05) is 133 Å². The van der Waals surface area contributed by atoms with Gasteiger partial charge in [0, 0.05) is 42.3 Å². The topological polar surface area (TPSA) is 16.4 Å². The number of anilines is 3. The molecule has 2 heterocycles. The highest BCUT2D eigenvalue weighted by Gasteiger charge is 2.21. The molecular formula is C50H31NOS. The van der Waals surface area contributed by atoms with E-state index in [1.165, 1.54) is 64.0 Å². The number of nitrogens with zero attached hydrogens (tertiary/aromatic N) is 1. The standard InChI is InChI=1S/C50H31NOS/c1-2-9-32(10-3-1)33-21-25-38(26-22-33)51(39-27-23-34(24-28-39)37-20-19-36-18-17-35-11-4-5-12-40(35)44(36)31-37)45-15-8-14-41-42-29-30-47-48(50(42)52-49(41)45)43-13-6-7-16-46(43)53-47/h1-31H. The van der Waals surface area contributed by atoms with Gasteiger partial charge in [0.1, 0.15) is 5.58 Å². The molecule has 0 aliphatic carbocycles. The Morgan fingerprint density at radius 1 is 0.358 bits per heavy atom. The van der Waals surface area contributed by atoms with Gasteiger partial charge in [-0.05, 0) is 98.4 Å². The van der Waals surface area contributed by atoms with E-state index in [1.54, 1.807) is 0 Å². The van der Waals surface area contributed by atoms with E-state index in [9.17, 15) is 0 Å². The van der Waals surface area contributed by atoms with Gasteiger partial charge >= 0.3 is 0 Å². The maximum Gasteiger partial charge on any atom is 0.159 e. The van der Waals surface area contributed by atoms with Gasteiger partial charge in [-0.3, -0.25) is 0 Å². The molecular weight excluding hydrogens is 663 g/mol. The second-order valence-corrected chi connectivity index (χ2v) is 14.8. The Labute approximate surface area is 310 Å². The fourth-order valence-electron chi connectivity index (χ4n) is 8.07. The maximum atomic E-state index is 7.01. The van der Waals surface area contributed by atoms with Gasteiger partial charge in [0.25, 0.3) is 0 Å². The van der Waals surface area contributed by atoms with E-state index in [2.05, 4.69) is 193 Å². The third kappa shape index (κ3) is 4.86. The number of para-hydroxylation sites is 1. The molecule has 0 aliphatic heterocycles. The van der Waals surface area contributed by atoms with E-state index in [-0.39, 0.29) is 0 Å². The zero-order valence-corrected chi connectivity index (χ0v) is 29.5. The predicted octanol–water partition coefficient (Wildman–Crippen LogP) is 15.1. The summed E-state index contributed by atoms with van der Waals surface area (Å²) in [6.07, 6.45) is 0. The van der Waals surface area contributed by atoms with Gasteiger partial charge in [0.15, 0.2) is 5.58 Å². The Balaban J connectivity index is 1.08. The Kier molecular flexibility index (Phi) is 6.76. The second-order valence-electron chi connectivity index (χ2n) is 13.7. The van der Waals surface area contributed by atoms with Crippen molar-refractivity contribution in [2.24, 2.45) is 0 Å². The molecule has 248 valence electrons. The summed E-state index contributed by atoms with van der Waals surface area (Å²) in [4.78, 5) is 2.33. The summed E-state index contributed by atoms with van der Waals surface area (Å²) >= 11 is 1.82. The van der Waals surface area contributed by atoms with Gasteiger partial charge in [-0.2, -0.15) is 0 Å². The van der Waals surface area contributed by atoms with Crippen LogP contribution in [0.15, 0.2) is 192 Å². The van der Waals surface area contributed by atoms with Crippen molar-refractivity contribution in [3.8, 4) is 22.3 Å². The summed E-state index contributed by atoms with van der Waals surface area (Å²) in [5.41, 5.74) is 9.71. The average molecular weight is 694 g/mol. The van der Waals surface area contributed by atoms with Gasteiger partial charge in [-0.15, -0.1) is 11.3 Å². The molecule has 0 bridgehead atoms. The van der Waals surface area contributed by atoms with Crippen molar-refractivity contribution >= 4 is 92.1 Å². The summed E-state index contributed by atoms with van der Waals surface area (Å²) in [5, 5.41) is 9.74. The quantitative estimate of drug-likeness (QED) is 0.167.